The Morgan fingerprint density at radius 2 is 2.17 bits per heavy atom. The fraction of sp³-hybridized carbons (Fsp3) is 0.818. The molecule has 2 amide bonds. The molecule has 0 aromatic heterocycles. The summed E-state index contributed by atoms with van der Waals surface area (Å²) in [6.07, 6.45) is 1.83. The molecule has 0 spiro atoms. The van der Waals surface area contributed by atoms with Crippen LogP contribution < -0.4 is 10.6 Å². The Bertz CT molecular complexity index is 291. The zero-order chi connectivity index (χ0) is 13.5. The van der Waals surface area contributed by atoms with Gasteiger partial charge in [0.1, 0.15) is 6.04 Å². The van der Waals surface area contributed by atoms with Gasteiger partial charge in [-0.05, 0) is 19.8 Å². The second kappa shape index (κ2) is 7.17. The molecule has 0 radical (unpaired) electrons. The number of hydrogen-bond donors (Lipinski definition) is 4. The van der Waals surface area contributed by atoms with Gasteiger partial charge in [-0.3, -0.25) is 0 Å². The molecule has 1 aliphatic heterocycles. The first-order chi connectivity index (χ1) is 8.54. The Hall–Kier alpha value is -1.34. The summed E-state index contributed by atoms with van der Waals surface area (Å²) in [5, 5.41) is 22.5. The zero-order valence-corrected chi connectivity index (χ0v) is 10.4. The van der Waals surface area contributed by atoms with Crippen LogP contribution >= 0.6 is 0 Å². The maximum Gasteiger partial charge on any atom is 0.326 e. The molecular formula is C11H20N2O5. The maximum atomic E-state index is 11.6. The van der Waals surface area contributed by atoms with Crippen molar-refractivity contribution in [1.82, 2.24) is 10.6 Å². The number of aliphatic carboxylic acids is 1. The standard InChI is InChI=1S/C11H20N2O5/c1-7(9-3-2-6-18-9)12-11(17)13-8(4-5-14)10(15)16/h7-9,14H,2-6H2,1H3,(H,15,16)(H2,12,13,17)/t7?,8-,9?/m0/s1. The molecular weight excluding hydrogens is 240 g/mol. The normalized spacial score (nSPS) is 22.2. The van der Waals surface area contributed by atoms with Gasteiger partial charge in [0.15, 0.2) is 0 Å². The van der Waals surface area contributed by atoms with Crippen molar-refractivity contribution in [3.8, 4) is 0 Å². The average Bonchev–Trinajstić information content (AvgIpc) is 2.81. The molecule has 2 unspecified atom stereocenters. The van der Waals surface area contributed by atoms with E-state index >= 15 is 0 Å². The molecule has 1 saturated heterocycles. The molecule has 1 fully saturated rings. The summed E-state index contributed by atoms with van der Waals surface area (Å²) in [5.74, 6) is -1.16. The predicted molar refractivity (Wildman–Crippen MR) is 63.2 cm³/mol. The van der Waals surface area contributed by atoms with Gasteiger partial charge in [0, 0.05) is 19.6 Å². The van der Waals surface area contributed by atoms with Crippen molar-refractivity contribution in [1.29, 1.82) is 0 Å². The highest BCUT2D eigenvalue weighted by Gasteiger charge is 2.25. The van der Waals surface area contributed by atoms with Crippen molar-refractivity contribution in [2.75, 3.05) is 13.2 Å². The minimum atomic E-state index is -1.16. The molecule has 18 heavy (non-hydrogen) atoms. The number of carbonyl (C=O) groups is 2. The van der Waals surface area contributed by atoms with Crippen LogP contribution in [0.4, 0.5) is 4.79 Å². The molecule has 1 rings (SSSR count). The fourth-order valence-corrected chi connectivity index (χ4v) is 1.88. The maximum absolute atomic E-state index is 11.6. The lowest BCUT2D eigenvalue weighted by Gasteiger charge is -2.21. The van der Waals surface area contributed by atoms with Gasteiger partial charge in [-0.15, -0.1) is 0 Å². The van der Waals surface area contributed by atoms with Gasteiger partial charge in [0.2, 0.25) is 0 Å². The van der Waals surface area contributed by atoms with E-state index in [-0.39, 0.29) is 25.2 Å². The highest BCUT2D eigenvalue weighted by atomic mass is 16.5. The summed E-state index contributed by atoms with van der Waals surface area (Å²) in [5.41, 5.74) is 0. The van der Waals surface area contributed by atoms with Gasteiger partial charge in [-0.2, -0.15) is 0 Å². The third kappa shape index (κ3) is 4.50. The molecule has 0 bridgehead atoms. The molecule has 0 saturated carbocycles. The first kappa shape index (κ1) is 14.7. The molecule has 7 nitrogen and oxygen atoms in total. The molecule has 104 valence electrons. The lowest BCUT2D eigenvalue weighted by atomic mass is 10.1. The molecule has 0 aromatic carbocycles. The number of aliphatic hydroxyl groups excluding tert-OH is 1. The highest BCUT2D eigenvalue weighted by molar-refractivity contribution is 5.82. The van der Waals surface area contributed by atoms with Crippen LogP contribution in [0.5, 0.6) is 0 Å². The SMILES string of the molecule is CC(NC(=O)N[C@@H](CCO)C(=O)O)C1CCCO1. The van der Waals surface area contributed by atoms with Crippen LogP contribution in [-0.4, -0.2) is 53.6 Å². The molecule has 3 atom stereocenters. The van der Waals surface area contributed by atoms with Crippen molar-refractivity contribution in [3.63, 3.8) is 0 Å². The van der Waals surface area contributed by atoms with E-state index in [9.17, 15) is 9.59 Å². The van der Waals surface area contributed by atoms with Crippen LogP contribution in [0.1, 0.15) is 26.2 Å². The van der Waals surface area contributed by atoms with Gasteiger partial charge in [0.05, 0.1) is 12.1 Å². The Morgan fingerprint density at radius 1 is 1.44 bits per heavy atom. The third-order valence-corrected chi connectivity index (χ3v) is 2.90. The number of rotatable bonds is 6. The van der Waals surface area contributed by atoms with Crippen molar-refractivity contribution in [2.24, 2.45) is 0 Å². The van der Waals surface area contributed by atoms with E-state index in [0.29, 0.717) is 6.61 Å². The average molecular weight is 260 g/mol. The minimum Gasteiger partial charge on any atom is -0.480 e. The third-order valence-electron chi connectivity index (χ3n) is 2.90. The first-order valence-electron chi connectivity index (χ1n) is 6.07. The highest BCUT2D eigenvalue weighted by Crippen LogP contribution is 2.15. The molecule has 1 aliphatic rings. The Balaban J connectivity index is 2.36. The second-order valence-electron chi connectivity index (χ2n) is 4.36. The van der Waals surface area contributed by atoms with Crippen molar-refractivity contribution in [2.45, 2.75) is 44.4 Å². The predicted octanol–water partition coefficient (Wildman–Crippen LogP) is -0.311. The molecule has 4 N–H and O–H groups in total. The van der Waals surface area contributed by atoms with E-state index in [0.717, 1.165) is 12.8 Å². The van der Waals surface area contributed by atoms with Crippen molar-refractivity contribution < 1.29 is 24.5 Å². The number of nitrogens with one attached hydrogen (secondary N) is 2. The van der Waals surface area contributed by atoms with Crippen LogP contribution in [0, 0.1) is 0 Å². The van der Waals surface area contributed by atoms with E-state index in [2.05, 4.69) is 10.6 Å². The van der Waals surface area contributed by atoms with E-state index in [1.165, 1.54) is 0 Å². The molecule has 0 aliphatic carbocycles. The summed E-state index contributed by atoms with van der Waals surface area (Å²) in [6, 6.07) is -1.80. The van der Waals surface area contributed by atoms with Crippen LogP contribution in [0.3, 0.4) is 0 Å². The summed E-state index contributed by atoms with van der Waals surface area (Å²) in [6.45, 7) is 2.22. The first-order valence-corrected chi connectivity index (χ1v) is 6.07. The molecule has 0 aromatic rings. The van der Waals surface area contributed by atoms with E-state index in [1.54, 1.807) is 0 Å². The fourth-order valence-electron chi connectivity index (χ4n) is 1.88. The number of aliphatic hydroxyl groups is 1. The number of amides is 2. The Kier molecular flexibility index (Phi) is 5.87. The van der Waals surface area contributed by atoms with Gasteiger partial charge >= 0.3 is 12.0 Å². The summed E-state index contributed by atoms with van der Waals surface area (Å²) in [4.78, 5) is 22.4. The van der Waals surface area contributed by atoms with Crippen LogP contribution in [0.25, 0.3) is 0 Å². The Labute approximate surface area is 106 Å². The molecule has 1 heterocycles. The second-order valence-corrected chi connectivity index (χ2v) is 4.36. The number of hydrogen-bond acceptors (Lipinski definition) is 4. The largest absolute Gasteiger partial charge is 0.480 e. The number of carboxylic acids is 1. The summed E-state index contributed by atoms with van der Waals surface area (Å²) >= 11 is 0. The summed E-state index contributed by atoms with van der Waals surface area (Å²) < 4.78 is 5.42. The van der Waals surface area contributed by atoms with E-state index in [4.69, 9.17) is 14.9 Å². The minimum absolute atomic E-state index is 0.0168. The number of urea groups is 1. The van der Waals surface area contributed by atoms with Crippen molar-refractivity contribution >= 4 is 12.0 Å². The van der Waals surface area contributed by atoms with Gasteiger partial charge < -0.3 is 25.6 Å². The number of carbonyl (C=O) groups excluding carboxylic acids is 1. The van der Waals surface area contributed by atoms with Gasteiger partial charge in [-0.1, -0.05) is 0 Å². The molecule has 7 heteroatoms. The lowest BCUT2D eigenvalue weighted by molar-refractivity contribution is -0.139. The monoisotopic (exact) mass is 260 g/mol. The van der Waals surface area contributed by atoms with E-state index in [1.807, 2.05) is 6.92 Å². The van der Waals surface area contributed by atoms with Gasteiger partial charge in [0.25, 0.3) is 0 Å². The number of carboxylic acid groups (broad SMARTS) is 1. The number of ether oxygens (including phenoxy) is 1. The van der Waals surface area contributed by atoms with Crippen LogP contribution in [-0.2, 0) is 9.53 Å². The van der Waals surface area contributed by atoms with Gasteiger partial charge in [-0.25, -0.2) is 9.59 Å². The van der Waals surface area contributed by atoms with Crippen LogP contribution in [0.15, 0.2) is 0 Å². The smallest absolute Gasteiger partial charge is 0.326 e. The summed E-state index contributed by atoms with van der Waals surface area (Å²) in [7, 11) is 0. The topological polar surface area (TPSA) is 108 Å². The zero-order valence-electron chi connectivity index (χ0n) is 10.4. The van der Waals surface area contributed by atoms with Crippen LogP contribution in [0.2, 0.25) is 0 Å². The van der Waals surface area contributed by atoms with E-state index < -0.39 is 18.0 Å². The van der Waals surface area contributed by atoms with Crippen molar-refractivity contribution in [3.05, 3.63) is 0 Å². The quantitative estimate of drug-likeness (QED) is 0.524. The lowest BCUT2D eigenvalue weighted by Crippen LogP contribution is -2.51. The Morgan fingerprint density at radius 3 is 2.67 bits per heavy atom.